The molecule has 7 N–H and O–H groups in total. The molecular weight excluding hydrogens is 753 g/mol. The van der Waals surface area contributed by atoms with Gasteiger partial charge in [-0.15, -0.1) is 25.2 Å². The number of nitrogens with two attached hydrogens (primary N) is 1. The number of Topliss-reactive ketones (excluding diaryl/α,β-unsaturated/α-hetero) is 2. The van der Waals surface area contributed by atoms with Crippen molar-refractivity contribution in [2.45, 2.75) is 51.2 Å². The van der Waals surface area contributed by atoms with Gasteiger partial charge in [-0.05, 0) is 62.6 Å². The lowest BCUT2D eigenvalue weighted by atomic mass is 9.87. The maximum absolute atomic E-state index is 13.9. The third-order valence-electron chi connectivity index (χ3n) is 10.1. The first-order chi connectivity index (χ1) is 27.3. The van der Waals surface area contributed by atoms with Crippen LogP contribution >= 0.6 is 12.4 Å². The van der Waals surface area contributed by atoms with E-state index in [2.05, 4.69) is 37.0 Å². The van der Waals surface area contributed by atoms with Crippen molar-refractivity contribution in [2.24, 2.45) is 16.6 Å². The number of terminal acetylenes is 1. The number of ketones is 2. The molecule has 3 aliphatic rings. The Bertz CT molecular complexity index is 2470. The summed E-state index contributed by atoms with van der Waals surface area (Å²) in [6.45, 7) is 4.84. The number of carbonyl (C=O) groups is 2. The molecule has 1 aliphatic carbocycles. The third-order valence-corrected chi connectivity index (χ3v) is 10.1. The van der Waals surface area contributed by atoms with E-state index in [-0.39, 0.29) is 59.5 Å². The minimum Gasteiger partial charge on any atom is -0.507 e. The van der Waals surface area contributed by atoms with Crippen molar-refractivity contribution < 1.29 is 35.0 Å². The number of aromatic amines is 1. The van der Waals surface area contributed by atoms with E-state index in [1.54, 1.807) is 33.1 Å². The molecule has 2 aliphatic heterocycles. The summed E-state index contributed by atoms with van der Waals surface area (Å²) in [7, 11) is 3.07. The maximum atomic E-state index is 13.9. The predicted molar refractivity (Wildman–Crippen MR) is 222 cm³/mol. The van der Waals surface area contributed by atoms with Gasteiger partial charge in [0.1, 0.15) is 30.3 Å². The molecule has 5 aromatic rings. The molecule has 0 bridgehead atoms. The number of allylic oxidation sites excluding steroid dienone is 2. The molecule has 0 radical (unpaired) electrons. The second-order valence-corrected chi connectivity index (χ2v) is 14.2. The van der Waals surface area contributed by atoms with Crippen molar-refractivity contribution in [3.8, 4) is 41.5 Å². The molecule has 298 valence electrons. The van der Waals surface area contributed by atoms with Crippen LogP contribution in [-0.2, 0) is 4.79 Å². The number of nitrogens with one attached hydrogen (secondary N) is 3. The lowest BCUT2D eigenvalue weighted by molar-refractivity contribution is -0.114. The average Bonchev–Trinajstić information content (AvgIpc) is 3.88. The smallest absolute Gasteiger partial charge is 0.189 e. The molecule has 0 amide bonds. The number of phenols is 1. The number of aromatic hydroxyl groups is 1. The lowest BCUT2D eigenvalue weighted by Gasteiger charge is -2.31. The molecule has 0 unspecified atom stereocenters. The second-order valence-electron chi connectivity index (χ2n) is 14.2. The van der Waals surface area contributed by atoms with Gasteiger partial charge in [-0.2, -0.15) is 0 Å². The number of aliphatic hydroxyl groups is 1. The Hall–Kier alpha value is -6.01. The number of fused-ring (bicyclic) bond motifs is 4. The Morgan fingerprint density at radius 3 is 2.42 bits per heavy atom. The van der Waals surface area contributed by atoms with E-state index in [9.17, 15) is 24.2 Å². The number of anilines is 1. The number of amidine groups is 1. The molecule has 4 heterocycles. The van der Waals surface area contributed by atoms with Crippen LogP contribution in [0.4, 0.5) is 10.2 Å². The van der Waals surface area contributed by atoms with Gasteiger partial charge in [0.2, 0.25) is 0 Å². The van der Waals surface area contributed by atoms with Gasteiger partial charge in [-0.1, -0.05) is 18.2 Å². The summed E-state index contributed by atoms with van der Waals surface area (Å²) in [4.78, 5) is 41.2. The number of hydrogen-bond donors (Lipinski definition) is 6. The van der Waals surface area contributed by atoms with Gasteiger partial charge in [0, 0.05) is 59.4 Å². The predicted octanol–water partition coefficient (Wildman–Crippen LogP) is 6.18. The largest absolute Gasteiger partial charge is 0.507 e. The maximum Gasteiger partial charge on any atom is 0.189 e. The van der Waals surface area contributed by atoms with Gasteiger partial charge in [-0.3, -0.25) is 9.59 Å². The Kier molecular flexibility index (Phi) is 12.4. The summed E-state index contributed by atoms with van der Waals surface area (Å²) >= 11 is 0. The van der Waals surface area contributed by atoms with Gasteiger partial charge < -0.3 is 41.0 Å². The molecule has 0 spiro atoms. The van der Waals surface area contributed by atoms with Crippen LogP contribution in [0.1, 0.15) is 57.0 Å². The second kappa shape index (κ2) is 17.4. The number of nitrogens with zero attached hydrogens (tertiary/aromatic N) is 3. The fourth-order valence-electron chi connectivity index (χ4n) is 7.43. The van der Waals surface area contributed by atoms with Crippen molar-refractivity contribution in [1.29, 1.82) is 0 Å². The van der Waals surface area contributed by atoms with Crippen LogP contribution in [0.25, 0.3) is 38.8 Å². The van der Waals surface area contributed by atoms with Crippen molar-refractivity contribution in [2.75, 3.05) is 32.6 Å². The van der Waals surface area contributed by atoms with E-state index in [0.717, 1.165) is 28.5 Å². The topological polar surface area (TPSA) is 197 Å². The van der Waals surface area contributed by atoms with Gasteiger partial charge in [0.15, 0.2) is 28.9 Å². The summed E-state index contributed by atoms with van der Waals surface area (Å²) in [6, 6.07) is 14.8. The fraction of sp³-hybridized carbons (Fsp3) is 0.310. The molecular formula is C42H45ClFN7O6. The summed E-state index contributed by atoms with van der Waals surface area (Å²) in [5.74, 6) is 1.31. The van der Waals surface area contributed by atoms with E-state index >= 15 is 0 Å². The molecule has 1 saturated heterocycles. The number of benzene rings is 3. The highest BCUT2D eigenvalue weighted by molar-refractivity contribution is 6.20. The zero-order valence-electron chi connectivity index (χ0n) is 32.9. The van der Waals surface area contributed by atoms with Gasteiger partial charge in [0.25, 0.3) is 0 Å². The van der Waals surface area contributed by atoms with E-state index in [0.29, 0.717) is 71.4 Å². The summed E-state index contributed by atoms with van der Waals surface area (Å²) < 4.78 is 30.5. The Morgan fingerprint density at radius 1 is 1.02 bits per heavy atom. The SMILES string of the molecule is COc1cc2nc(-c3cc(F)ccc3O)nc(N[C@@H]3CNC[C@H]3C(C)(C)O)c2cc1OC.Cl.NC1=N/C(=C2/CCCC(=O)c3[nH]c4ccccc4c32)C(=O)C1.[3H]C#C. The quantitative estimate of drug-likeness (QED) is 0.0652. The van der Waals surface area contributed by atoms with Gasteiger partial charge in [0.05, 0.1) is 43.0 Å². The molecule has 0 saturated carbocycles. The first-order valence-corrected chi connectivity index (χ1v) is 18.0. The van der Waals surface area contributed by atoms with Crippen LogP contribution in [0, 0.1) is 24.6 Å². The lowest BCUT2D eigenvalue weighted by Crippen LogP contribution is -2.42. The molecule has 13 nitrogen and oxygen atoms in total. The molecule has 15 heteroatoms. The van der Waals surface area contributed by atoms with Crippen molar-refractivity contribution in [3.05, 3.63) is 77.4 Å². The molecule has 57 heavy (non-hydrogen) atoms. The normalized spacial score (nSPS) is 19.1. The minimum absolute atomic E-state index is 0. The van der Waals surface area contributed by atoms with Crippen LogP contribution in [0.15, 0.2) is 65.3 Å². The number of rotatable bonds is 6. The zero-order valence-corrected chi connectivity index (χ0v) is 32.7. The van der Waals surface area contributed by atoms with Crippen LogP contribution in [-0.4, -0.2) is 81.5 Å². The number of H-pyrrole nitrogens is 1. The van der Waals surface area contributed by atoms with Crippen molar-refractivity contribution >= 4 is 63.0 Å². The van der Waals surface area contributed by atoms with E-state index in [4.69, 9.17) is 16.6 Å². The summed E-state index contributed by atoms with van der Waals surface area (Å²) in [5, 5.41) is 29.3. The molecule has 2 atom stereocenters. The van der Waals surface area contributed by atoms with Crippen molar-refractivity contribution in [1.82, 2.24) is 20.3 Å². The fourth-order valence-corrected chi connectivity index (χ4v) is 7.43. The molecule has 8 rings (SSSR count). The summed E-state index contributed by atoms with van der Waals surface area (Å²) in [6.07, 6.45) is 7.80. The number of aliphatic imine (C=N–C) groups is 1. The number of phenolic OH excluding ortho intramolecular Hbond substituents is 1. The van der Waals surface area contributed by atoms with Crippen molar-refractivity contribution in [3.63, 3.8) is 0 Å². The average molecular weight is 800 g/mol. The summed E-state index contributed by atoms with van der Waals surface area (Å²) in [5.41, 5.74) is 9.13. The minimum atomic E-state index is -0.908. The highest BCUT2D eigenvalue weighted by atomic mass is 35.5. The first kappa shape index (κ1) is 40.6. The third kappa shape index (κ3) is 8.56. The first-order valence-electron chi connectivity index (χ1n) is 18.5. The van der Waals surface area contributed by atoms with Crippen LogP contribution in [0.5, 0.6) is 17.2 Å². The standard InChI is InChI=1S/C23H27FN4O4.C17H15N3O2.C2H2.ClH/c1-23(2,30)15-10-25-11-17(15)27-21-13-8-19(31-3)20(32-4)9-16(13)26-22(28-21)14-7-12(24)5-6-18(14)29;18-14-8-13(22)16(20-14)10-5-3-7-12(21)17-15(10)9-4-1-2-6-11(9)19-17;1-2;/h5-9,15,17,25,29-30H,10-11H2,1-4H3,(H,26,27,28);1-2,4,6,19H,3,5,7-8H2,(H2,18,20);1-2H;1H/b;16-10-;;/t15-,17-;;;/m1.../s1/i;;1T;. The number of aromatic nitrogens is 3. The number of hydrogen-bond acceptors (Lipinski definition) is 12. The monoisotopic (exact) mass is 799 g/mol. The number of methoxy groups -OCH3 is 2. The molecule has 2 aromatic heterocycles. The van der Waals surface area contributed by atoms with E-state index < -0.39 is 11.4 Å². The number of ether oxygens (including phenoxy) is 2. The Morgan fingerprint density at radius 2 is 1.74 bits per heavy atom. The Balaban J connectivity index is 0.000000215. The van der Waals surface area contributed by atoms with Crippen LogP contribution in [0.2, 0.25) is 0 Å². The van der Waals surface area contributed by atoms with Crippen LogP contribution < -0.4 is 25.8 Å². The number of para-hydroxylation sites is 1. The highest BCUT2D eigenvalue weighted by Crippen LogP contribution is 2.40. The number of halogens is 2. The van der Waals surface area contributed by atoms with Gasteiger partial charge >= 0.3 is 0 Å². The van der Waals surface area contributed by atoms with E-state index in [1.165, 1.54) is 31.7 Å². The van der Waals surface area contributed by atoms with Crippen LogP contribution in [0.3, 0.4) is 0 Å². The highest BCUT2D eigenvalue weighted by Gasteiger charge is 2.38. The zero-order chi connectivity index (χ0) is 41.0. The molecule has 1 fully saturated rings. The van der Waals surface area contributed by atoms with E-state index in [1.807, 2.05) is 24.3 Å². The Labute approximate surface area is 336 Å². The van der Waals surface area contributed by atoms with Gasteiger partial charge in [-0.25, -0.2) is 19.4 Å². The molecule has 3 aromatic carbocycles. The number of carbonyl (C=O) groups excluding carboxylic acids is 2.